The Morgan fingerprint density at radius 1 is 1.25 bits per heavy atom. The fraction of sp³-hybridized carbons (Fsp3) is 0.421. The van der Waals surface area contributed by atoms with Gasteiger partial charge in [-0.15, -0.1) is 0 Å². The first-order chi connectivity index (χ1) is 11.7. The lowest BCUT2D eigenvalue weighted by atomic mass is 10.0. The molecule has 1 atom stereocenters. The van der Waals surface area contributed by atoms with Gasteiger partial charge in [0.1, 0.15) is 11.9 Å². The summed E-state index contributed by atoms with van der Waals surface area (Å²) in [7, 11) is 0. The molecular weight excluding hydrogens is 322 g/mol. The molecule has 5 heteroatoms. The Labute approximate surface area is 147 Å². The van der Waals surface area contributed by atoms with E-state index in [9.17, 15) is 0 Å². The van der Waals surface area contributed by atoms with Crippen LogP contribution in [0, 0.1) is 0 Å². The zero-order valence-electron chi connectivity index (χ0n) is 13.7. The quantitative estimate of drug-likeness (QED) is 0.925. The number of fused-ring (bicyclic) bond motifs is 1. The summed E-state index contributed by atoms with van der Waals surface area (Å²) in [6.45, 7) is 3.87. The molecule has 4 nitrogen and oxygen atoms in total. The second kappa shape index (κ2) is 6.71. The molecule has 1 aromatic heterocycles. The van der Waals surface area contributed by atoms with Gasteiger partial charge in [-0.2, -0.15) is 0 Å². The van der Waals surface area contributed by atoms with Gasteiger partial charge in [0.2, 0.25) is 0 Å². The Morgan fingerprint density at radius 3 is 2.79 bits per heavy atom. The standard InChI is InChI=1S/C19H22ClN3O/c20-15-7-14-8-16(10-21)24-19(14)17(9-15)18-4-3-13(11-22-18)12-23-5-1-2-6-23/h3-4,7,9,11,16H,1-2,5-6,8,10,12,21H2. The summed E-state index contributed by atoms with van der Waals surface area (Å²) in [6, 6.07) is 8.12. The average molecular weight is 344 g/mol. The lowest BCUT2D eigenvalue weighted by Gasteiger charge is -2.15. The van der Waals surface area contributed by atoms with E-state index in [2.05, 4.69) is 22.0 Å². The fourth-order valence-electron chi connectivity index (χ4n) is 3.59. The van der Waals surface area contributed by atoms with Gasteiger partial charge in [0.25, 0.3) is 0 Å². The average Bonchev–Trinajstić information content (AvgIpc) is 3.24. The van der Waals surface area contributed by atoms with Crippen molar-refractivity contribution in [1.29, 1.82) is 0 Å². The van der Waals surface area contributed by atoms with Crippen LogP contribution in [-0.4, -0.2) is 35.6 Å². The van der Waals surface area contributed by atoms with E-state index in [-0.39, 0.29) is 6.10 Å². The van der Waals surface area contributed by atoms with Gasteiger partial charge in [-0.3, -0.25) is 9.88 Å². The van der Waals surface area contributed by atoms with Gasteiger partial charge in [0, 0.05) is 41.9 Å². The Kier molecular flexibility index (Phi) is 4.44. The van der Waals surface area contributed by atoms with E-state index >= 15 is 0 Å². The van der Waals surface area contributed by atoms with E-state index in [1.54, 1.807) is 0 Å². The molecule has 1 saturated heterocycles. The van der Waals surface area contributed by atoms with Crippen molar-refractivity contribution in [2.75, 3.05) is 19.6 Å². The molecule has 24 heavy (non-hydrogen) atoms. The molecule has 3 heterocycles. The normalized spacial score (nSPS) is 20.2. The third-order valence-corrected chi connectivity index (χ3v) is 5.05. The summed E-state index contributed by atoms with van der Waals surface area (Å²) in [6.07, 6.45) is 5.43. The molecule has 0 bridgehead atoms. The molecule has 0 saturated carbocycles. The van der Waals surface area contributed by atoms with Crippen LogP contribution in [0.15, 0.2) is 30.5 Å². The van der Waals surface area contributed by atoms with Crippen molar-refractivity contribution in [1.82, 2.24) is 9.88 Å². The third-order valence-electron chi connectivity index (χ3n) is 4.83. The SMILES string of the molecule is NCC1Cc2cc(Cl)cc(-c3ccc(CN4CCCC4)cn3)c2O1. The van der Waals surface area contributed by atoms with Crippen molar-refractivity contribution in [2.45, 2.75) is 31.9 Å². The maximum atomic E-state index is 6.29. The van der Waals surface area contributed by atoms with Gasteiger partial charge in [-0.25, -0.2) is 0 Å². The smallest absolute Gasteiger partial charge is 0.132 e. The molecule has 2 aliphatic rings. The number of benzene rings is 1. The minimum atomic E-state index is 0.0339. The van der Waals surface area contributed by atoms with Crippen LogP contribution in [-0.2, 0) is 13.0 Å². The summed E-state index contributed by atoms with van der Waals surface area (Å²) in [5.41, 5.74) is 9.99. The van der Waals surface area contributed by atoms with E-state index < -0.39 is 0 Å². The first-order valence-corrected chi connectivity index (χ1v) is 8.97. The van der Waals surface area contributed by atoms with Gasteiger partial charge < -0.3 is 10.5 Å². The molecule has 2 aliphatic heterocycles. The lowest BCUT2D eigenvalue weighted by molar-refractivity contribution is 0.242. The fourth-order valence-corrected chi connectivity index (χ4v) is 3.83. The van der Waals surface area contributed by atoms with Gasteiger partial charge in [0.15, 0.2) is 0 Å². The van der Waals surface area contributed by atoms with E-state index in [4.69, 9.17) is 22.1 Å². The predicted octanol–water partition coefficient (Wildman–Crippen LogP) is 3.26. The number of ether oxygens (including phenoxy) is 1. The monoisotopic (exact) mass is 343 g/mol. The maximum Gasteiger partial charge on any atom is 0.132 e. The van der Waals surface area contributed by atoms with Crippen molar-refractivity contribution >= 4 is 11.6 Å². The first kappa shape index (κ1) is 15.9. The molecular formula is C19H22ClN3O. The molecule has 1 aromatic carbocycles. The number of pyridine rings is 1. The first-order valence-electron chi connectivity index (χ1n) is 8.60. The summed E-state index contributed by atoms with van der Waals surface area (Å²) < 4.78 is 6.00. The molecule has 0 radical (unpaired) electrons. The van der Waals surface area contributed by atoms with E-state index in [1.807, 2.05) is 18.3 Å². The van der Waals surface area contributed by atoms with Crippen molar-refractivity contribution in [3.8, 4) is 17.0 Å². The van der Waals surface area contributed by atoms with Crippen LogP contribution in [0.25, 0.3) is 11.3 Å². The van der Waals surface area contributed by atoms with E-state index in [0.717, 1.165) is 35.5 Å². The highest BCUT2D eigenvalue weighted by Gasteiger charge is 2.26. The number of halogens is 1. The zero-order valence-corrected chi connectivity index (χ0v) is 14.4. The molecule has 0 spiro atoms. The minimum absolute atomic E-state index is 0.0339. The number of hydrogen-bond donors (Lipinski definition) is 1. The van der Waals surface area contributed by atoms with Crippen LogP contribution >= 0.6 is 11.6 Å². The summed E-state index contributed by atoms with van der Waals surface area (Å²) in [5, 5.41) is 0.716. The second-order valence-electron chi connectivity index (χ2n) is 6.66. The Hall–Kier alpha value is -1.62. The zero-order chi connectivity index (χ0) is 16.5. The highest BCUT2D eigenvalue weighted by Crippen LogP contribution is 2.40. The largest absolute Gasteiger partial charge is 0.488 e. The number of hydrogen-bond acceptors (Lipinski definition) is 4. The van der Waals surface area contributed by atoms with Gasteiger partial charge in [-0.05, 0) is 49.7 Å². The summed E-state index contributed by atoms with van der Waals surface area (Å²) >= 11 is 6.29. The molecule has 2 aromatic rings. The summed E-state index contributed by atoms with van der Waals surface area (Å²) in [4.78, 5) is 7.14. The molecule has 2 N–H and O–H groups in total. The number of likely N-dealkylation sites (tertiary alicyclic amines) is 1. The highest BCUT2D eigenvalue weighted by molar-refractivity contribution is 6.31. The Balaban J connectivity index is 1.60. The van der Waals surface area contributed by atoms with Crippen LogP contribution in [0.3, 0.4) is 0 Å². The third kappa shape index (κ3) is 3.14. The number of nitrogens with zero attached hydrogens (tertiary/aromatic N) is 2. The maximum absolute atomic E-state index is 6.29. The van der Waals surface area contributed by atoms with Gasteiger partial charge in [0.05, 0.1) is 5.69 Å². The van der Waals surface area contributed by atoms with Crippen molar-refractivity contribution < 1.29 is 4.74 Å². The molecule has 1 unspecified atom stereocenters. The topological polar surface area (TPSA) is 51.4 Å². The summed E-state index contributed by atoms with van der Waals surface area (Å²) in [5.74, 6) is 0.884. The second-order valence-corrected chi connectivity index (χ2v) is 7.09. The molecule has 1 fully saturated rings. The number of rotatable bonds is 4. The minimum Gasteiger partial charge on any atom is -0.488 e. The van der Waals surface area contributed by atoms with E-state index in [1.165, 1.54) is 31.5 Å². The Bertz CT molecular complexity index is 726. The highest BCUT2D eigenvalue weighted by atomic mass is 35.5. The number of nitrogens with two attached hydrogens (primary N) is 1. The van der Waals surface area contributed by atoms with E-state index in [0.29, 0.717) is 11.6 Å². The van der Waals surface area contributed by atoms with Crippen LogP contribution in [0.2, 0.25) is 5.02 Å². The predicted molar refractivity (Wildman–Crippen MR) is 96.4 cm³/mol. The van der Waals surface area contributed by atoms with Crippen molar-refractivity contribution in [3.05, 3.63) is 46.6 Å². The van der Waals surface area contributed by atoms with Gasteiger partial charge in [-0.1, -0.05) is 17.7 Å². The van der Waals surface area contributed by atoms with Crippen LogP contribution in [0.4, 0.5) is 0 Å². The van der Waals surface area contributed by atoms with Crippen LogP contribution in [0.1, 0.15) is 24.0 Å². The molecule has 0 aliphatic carbocycles. The van der Waals surface area contributed by atoms with Crippen LogP contribution < -0.4 is 10.5 Å². The van der Waals surface area contributed by atoms with Gasteiger partial charge >= 0.3 is 0 Å². The molecule has 0 amide bonds. The lowest BCUT2D eigenvalue weighted by Crippen LogP contribution is -2.24. The van der Waals surface area contributed by atoms with Crippen molar-refractivity contribution in [3.63, 3.8) is 0 Å². The van der Waals surface area contributed by atoms with Crippen molar-refractivity contribution in [2.24, 2.45) is 5.73 Å². The van der Waals surface area contributed by atoms with Crippen LogP contribution in [0.5, 0.6) is 5.75 Å². The molecule has 126 valence electrons. The Morgan fingerprint density at radius 2 is 2.08 bits per heavy atom. The number of aromatic nitrogens is 1. The molecule has 4 rings (SSSR count).